The number of carbonyl (C=O) groups is 3. The molecule has 2 fully saturated rings. The second-order valence-corrected chi connectivity index (χ2v) is 9.18. The van der Waals surface area contributed by atoms with Crippen molar-refractivity contribution < 1.29 is 14.4 Å². The minimum atomic E-state index is -0.587. The molecule has 0 bridgehead atoms. The number of fused-ring (bicyclic) bond motifs is 1. The molecule has 1 saturated carbocycles. The Kier molecular flexibility index (Phi) is 5.31. The Morgan fingerprint density at radius 3 is 2.56 bits per heavy atom. The van der Waals surface area contributed by atoms with Crippen molar-refractivity contribution in [1.29, 1.82) is 0 Å². The third kappa shape index (κ3) is 3.51. The summed E-state index contributed by atoms with van der Waals surface area (Å²) in [5.41, 5.74) is 10.2. The lowest BCUT2D eigenvalue weighted by atomic mass is 9.61. The quantitative estimate of drug-likeness (QED) is 0.602. The van der Waals surface area contributed by atoms with E-state index in [1.54, 1.807) is 4.90 Å². The van der Waals surface area contributed by atoms with Crippen LogP contribution in [0, 0.1) is 0 Å². The van der Waals surface area contributed by atoms with Gasteiger partial charge in [0.15, 0.2) is 0 Å². The van der Waals surface area contributed by atoms with Gasteiger partial charge in [0.1, 0.15) is 6.04 Å². The molecule has 1 aliphatic carbocycles. The van der Waals surface area contributed by atoms with Gasteiger partial charge in [0.05, 0.1) is 0 Å². The average molecular weight is 433 g/mol. The molecule has 2 aromatic rings. The highest BCUT2D eigenvalue weighted by Crippen LogP contribution is 2.43. The van der Waals surface area contributed by atoms with Crippen LogP contribution >= 0.6 is 0 Å². The van der Waals surface area contributed by atoms with E-state index in [1.807, 2.05) is 24.3 Å². The van der Waals surface area contributed by atoms with Crippen molar-refractivity contribution in [2.24, 2.45) is 5.73 Å². The van der Waals surface area contributed by atoms with Crippen LogP contribution in [0.3, 0.4) is 0 Å². The summed E-state index contributed by atoms with van der Waals surface area (Å²) in [5.74, 6) is -0.785. The number of carbonyl (C=O) groups excluding carboxylic acids is 3. The summed E-state index contributed by atoms with van der Waals surface area (Å²) in [6.45, 7) is 1.70. The number of amides is 3. The standard InChI is InChI=1S/C25H28N4O3/c26-15-25(17-6-2-1-3-7-17)11-18(12-25)27-13-16-5-4-8-19-20(16)14-29(24(19)32)21-9-10-22(30)28-23(21)31/h1-8,18,21,27H,9-15,26H2,(H,28,30,31). The van der Waals surface area contributed by atoms with Gasteiger partial charge in [-0.2, -0.15) is 0 Å². The van der Waals surface area contributed by atoms with E-state index in [-0.39, 0.29) is 29.6 Å². The largest absolute Gasteiger partial charge is 0.330 e. The molecule has 0 spiro atoms. The van der Waals surface area contributed by atoms with Crippen LogP contribution in [-0.2, 0) is 28.1 Å². The highest BCUT2D eigenvalue weighted by Gasteiger charge is 2.44. The Morgan fingerprint density at radius 2 is 1.84 bits per heavy atom. The molecule has 1 saturated heterocycles. The maximum absolute atomic E-state index is 13.0. The van der Waals surface area contributed by atoms with Crippen molar-refractivity contribution in [2.75, 3.05) is 6.54 Å². The Labute approximate surface area is 187 Å². The lowest BCUT2D eigenvalue weighted by molar-refractivity contribution is -0.136. The fourth-order valence-corrected chi connectivity index (χ4v) is 5.41. The van der Waals surface area contributed by atoms with E-state index in [9.17, 15) is 14.4 Å². The number of nitrogens with one attached hydrogen (secondary N) is 2. The van der Waals surface area contributed by atoms with Crippen molar-refractivity contribution in [1.82, 2.24) is 15.5 Å². The fraction of sp³-hybridized carbons (Fsp3) is 0.400. The van der Waals surface area contributed by atoms with Crippen LogP contribution in [0.1, 0.15) is 52.7 Å². The number of nitrogens with zero attached hydrogens (tertiary/aromatic N) is 1. The molecule has 4 N–H and O–H groups in total. The number of hydrogen-bond donors (Lipinski definition) is 3. The first-order chi connectivity index (χ1) is 15.5. The minimum absolute atomic E-state index is 0.0378. The zero-order valence-electron chi connectivity index (χ0n) is 18.0. The van der Waals surface area contributed by atoms with Crippen LogP contribution in [0.15, 0.2) is 48.5 Å². The summed E-state index contributed by atoms with van der Waals surface area (Å²) in [7, 11) is 0. The van der Waals surface area contributed by atoms with E-state index in [1.165, 1.54) is 5.56 Å². The Balaban J connectivity index is 1.25. The van der Waals surface area contributed by atoms with Crippen LogP contribution in [0.25, 0.3) is 0 Å². The summed E-state index contributed by atoms with van der Waals surface area (Å²) < 4.78 is 0. The molecule has 7 nitrogen and oxygen atoms in total. The third-order valence-corrected chi connectivity index (χ3v) is 7.31. The third-order valence-electron chi connectivity index (χ3n) is 7.31. The van der Waals surface area contributed by atoms with E-state index in [0.29, 0.717) is 37.7 Å². The van der Waals surface area contributed by atoms with E-state index in [4.69, 9.17) is 5.73 Å². The molecule has 3 amide bonds. The average Bonchev–Trinajstić information content (AvgIpc) is 3.11. The first-order valence-corrected chi connectivity index (χ1v) is 11.3. The molecule has 0 radical (unpaired) electrons. The van der Waals surface area contributed by atoms with Crippen molar-refractivity contribution in [2.45, 2.75) is 56.3 Å². The van der Waals surface area contributed by atoms with Gasteiger partial charge in [-0.25, -0.2) is 0 Å². The molecule has 7 heteroatoms. The molecule has 32 heavy (non-hydrogen) atoms. The Hall–Kier alpha value is -3.03. The first-order valence-electron chi connectivity index (χ1n) is 11.3. The van der Waals surface area contributed by atoms with Crippen molar-refractivity contribution in [3.63, 3.8) is 0 Å². The van der Waals surface area contributed by atoms with Crippen LogP contribution in [-0.4, -0.2) is 41.2 Å². The van der Waals surface area contributed by atoms with Crippen LogP contribution < -0.4 is 16.4 Å². The second kappa shape index (κ2) is 8.15. The van der Waals surface area contributed by atoms with Gasteiger partial charge in [-0.3, -0.25) is 19.7 Å². The molecular weight excluding hydrogens is 404 g/mol. The van der Waals surface area contributed by atoms with Crippen LogP contribution in [0.5, 0.6) is 0 Å². The first kappa shape index (κ1) is 20.8. The van der Waals surface area contributed by atoms with Gasteiger partial charge >= 0.3 is 0 Å². The number of hydrogen-bond acceptors (Lipinski definition) is 5. The van der Waals surface area contributed by atoms with Crippen molar-refractivity contribution in [3.8, 4) is 0 Å². The predicted molar refractivity (Wildman–Crippen MR) is 120 cm³/mol. The summed E-state index contributed by atoms with van der Waals surface area (Å²) in [6.07, 6.45) is 2.62. The minimum Gasteiger partial charge on any atom is -0.330 e. The SMILES string of the molecule is NCC1(c2ccccc2)CC(NCc2cccc3c2CN(C2CCC(=O)NC2=O)C3=O)C1. The summed E-state index contributed by atoms with van der Waals surface area (Å²) in [5, 5.41) is 5.99. The highest BCUT2D eigenvalue weighted by molar-refractivity contribution is 6.05. The van der Waals surface area contributed by atoms with E-state index < -0.39 is 6.04 Å². The molecule has 1 atom stereocenters. The summed E-state index contributed by atoms with van der Waals surface area (Å²) in [4.78, 5) is 38.4. The van der Waals surface area contributed by atoms with Crippen molar-refractivity contribution >= 4 is 17.7 Å². The number of piperidine rings is 1. The molecule has 2 aromatic carbocycles. The summed E-state index contributed by atoms with van der Waals surface area (Å²) >= 11 is 0. The van der Waals surface area contributed by atoms with Gasteiger partial charge in [0, 0.05) is 43.1 Å². The monoisotopic (exact) mass is 432 g/mol. The normalized spacial score (nSPS) is 27.2. The molecule has 0 aromatic heterocycles. The number of benzene rings is 2. The van der Waals surface area contributed by atoms with Gasteiger partial charge in [0.2, 0.25) is 11.8 Å². The van der Waals surface area contributed by atoms with Gasteiger partial charge in [-0.1, -0.05) is 42.5 Å². The smallest absolute Gasteiger partial charge is 0.255 e. The van der Waals surface area contributed by atoms with Crippen molar-refractivity contribution in [3.05, 3.63) is 70.8 Å². The maximum Gasteiger partial charge on any atom is 0.255 e. The topological polar surface area (TPSA) is 105 Å². The van der Waals surface area contributed by atoms with Gasteiger partial charge in [-0.15, -0.1) is 0 Å². The van der Waals surface area contributed by atoms with E-state index in [0.717, 1.165) is 24.0 Å². The van der Waals surface area contributed by atoms with E-state index >= 15 is 0 Å². The molecule has 3 aliphatic rings. The van der Waals surface area contributed by atoms with Crippen LogP contribution in [0.2, 0.25) is 0 Å². The molecule has 2 aliphatic heterocycles. The second-order valence-electron chi connectivity index (χ2n) is 9.18. The number of nitrogens with two attached hydrogens (primary N) is 1. The molecule has 2 heterocycles. The molecular formula is C25H28N4O3. The lowest BCUT2D eigenvalue weighted by Gasteiger charge is -2.48. The fourth-order valence-electron chi connectivity index (χ4n) is 5.41. The number of rotatable bonds is 6. The van der Waals surface area contributed by atoms with Gasteiger partial charge < -0.3 is 16.0 Å². The summed E-state index contributed by atoms with van der Waals surface area (Å²) in [6, 6.07) is 16.0. The Morgan fingerprint density at radius 1 is 1.06 bits per heavy atom. The predicted octanol–water partition coefficient (Wildman–Crippen LogP) is 1.60. The molecule has 1 unspecified atom stereocenters. The van der Waals surface area contributed by atoms with Gasteiger partial charge in [-0.05, 0) is 42.0 Å². The number of imide groups is 1. The maximum atomic E-state index is 13.0. The van der Waals surface area contributed by atoms with E-state index in [2.05, 4.69) is 34.9 Å². The zero-order valence-corrected chi connectivity index (χ0v) is 18.0. The highest BCUT2D eigenvalue weighted by atomic mass is 16.2. The van der Waals surface area contributed by atoms with Crippen LogP contribution in [0.4, 0.5) is 0 Å². The zero-order chi connectivity index (χ0) is 22.3. The Bertz CT molecular complexity index is 1060. The molecule has 5 rings (SSSR count). The lowest BCUT2D eigenvalue weighted by Crippen LogP contribution is -2.55. The molecule has 166 valence electrons. The van der Waals surface area contributed by atoms with Gasteiger partial charge in [0.25, 0.3) is 5.91 Å².